The minimum atomic E-state index is 0.365. The van der Waals surface area contributed by atoms with Gasteiger partial charge in [-0.25, -0.2) is 15.0 Å². The van der Waals surface area contributed by atoms with Crippen molar-refractivity contribution in [3.05, 3.63) is 91.0 Å². The molecular formula is C24H20N6O. The Bertz CT molecular complexity index is 1350. The van der Waals surface area contributed by atoms with E-state index in [-0.39, 0.29) is 0 Å². The minimum absolute atomic E-state index is 0.365. The highest BCUT2D eigenvalue weighted by atomic mass is 16.5. The summed E-state index contributed by atoms with van der Waals surface area (Å²) >= 11 is 0. The molecule has 0 aliphatic rings. The molecule has 5 rings (SSSR count). The number of aromatic nitrogens is 4. The Labute approximate surface area is 179 Å². The van der Waals surface area contributed by atoms with E-state index in [1.165, 1.54) is 6.33 Å². The van der Waals surface area contributed by atoms with Gasteiger partial charge in [0.05, 0.1) is 5.39 Å². The first kappa shape index (κ1) is 18.8. The zero-order valence-electron chi connectivity index (χ0n) is 16.6. The number of nitrogens with zero attached hydrogens (tertiary/aromatic N) is 4. The molecule has 0 amide bonds. The number of para-hydroxylation sites is 1. The zero-order valence-corrected chi connectivity index (χ0v) is 16.6. The van der Waals surface area contributed by atoms with Gasteiger partial charge in [0.25, 0.3) is 0 Å². The molecule has 5 aromatic rings. The highest BCUT2D eigenvalue weighted by molar-refractivity contribution is 6.01. The average Bonchev–Trinajstić information content (AvgIpc) is 3.21. The molecule has 0 fully saturated rings. The summed E-state index contributed by atoms with van der Waals surface area (Å²) in [5.41, 5.74) is 15.7. The molecule has 0 unspecified atom stereocenters. The van der Waals surface area contributed by atoms with Crippen molar-refractivity contribution in [2.75, 3.05) is 5.73 Å². The van der Waals surface area contributed by atoms with E-state index in [1.807, 2.05) is 77.5 Å². The quantitative estimate of drug-likeness (QED) is 0.449. The number of anilines is 1. The first-order chi connectivity index (χ1) is 15.2. The van der Waals surface area contributed by atoms with E-state index in [1.54, 1.807) is 6.20 Å². The fourth-order valence-electron chi connectivity index (χ4n) is 3.60. The largest absolute Gasteiger partial charge is 0.457 e. The third-order valence-electron chi connectivity index (χ3n) is 5.07. The van der Waals surface area contributed by atoms with Crippen molar-refractivity contribution in [3.63, 3.8) is 0 Å². The molecule has 152 valence electrons. The first-order valence-electron chi connectivity index (χ1n) is 9.84. The summed E-state index contributed by atoms with van der Waals surface area (Å²) in [5.74, 6) is 2.67. The molecule has 0 spiro atoms. The van der Waals surface area contributed by atoms with E-state index in [2.05, 4.69) is 15.0 Å². The smallest absolute Gasteiger partial charge is 0.151 e. The van der Waals surface area contributed by atoms with Gasteiger partial charge in [-0.1, -0.05) is 36.4 Å². The normalized spacial score (nSPS) is 11.0. The molecule has 0 bridgehead atoms. The Hall–Kier alpha value is -4.23. The molecule has 0 aliphatic heterocycles. The maximum Gasteiger partial charge on any atom is 0.151 e. The van der Waals surface area contributed by atoms with E-state index in [4.69, 9.17) is 16.2 Å². The molecule has 7 heteroatoms. The van der Waals surface area contributed by atoms with Gasteiger partial charge >= 0.3 is 0 Å². The summed E-state index contributed by atoms with van der Waals surface area (Å²) in [6.45, 7) is 0.365. The number of rotatable bonds is 5. The number of hydrogen-bond donors (Lipinski definition) is 2. The van der Waals surface area contributed by atoms with Crippen molar-refractivity contribution in [2.45, 2.75) is 6.54 Å². The lowest BCUT2D eigenvalue weighted by Gasteiger charge is -2.08. The van der Waals surface area contributed by atoms with Crippen molar-refractivity contribution >= 4 is 16.9 Å². The van der Waals surface area contributed by atoms with Crippen molar-refractivity contribution < 1.29 is 4.74 Å². The van der Waals surface area contributed by atoms with Gasteiger partial charge in [-0.05, 0) is 35.9 Å². The van der Waals surface area contributed by atoms with E-state index >= 15 is 0 Å². The third kappa shape index (κ3) is 3.47. The maximum atomic E-state index is 6.25. The van der Waals surface area contributed by atoms with Gasteiger partial charge in [-0.15, -0.1) is 0 Å². The predicted octanol–water partition coefficient (Wildman–Crippen LogP) is 4.32. The molecule has 3 heterocycles. The topological polar surface area (TPSA) is 105 Å². The van der Waals surface area contributed by atoms with Gasteiger partial charge in [-0.3, -0.25) is 4.57 Å². The van der Waals surface area contributed by atoms with Gasteiger partial charge in [0.1, 0.15) is 29.5 Å². The second kappa shape index (κ2) is 7.89. The van der Waals surface area contributed by atoms with Crippen LogP contribution in [0.25, 0.3) is 28.0 Å². The van der Waals surface area contributed by atoms with Gasteiger partial charge in [0, 0.05) is 30.1 Å². The maximum absolute atomic E-state index is 6.25. The third-order valence-corrected chi connectivity index (χ3v) is 5.07. The summed E-state index contributed by atoms with van der Waals surface area (Å²) < 4.78 is 7.82. The Morgan fingerprint density at radius 2 is 1.61 bits per heavy atom. The number of nitrogen functional groups attached to an aromatic ring is 1. The number of hydrogen-bond acceptors (Lipinski definition) is 6. The number of benzene rings is 2. The summed E-state index contributed by atoms with van der Waals surface area (Å²) in [4.78, 5) is 13.2. The summed E-state index contributed by atoms with van der Waals surface area (Å²) in [7, 11) is 0. The lowest BCUT2D eigenvalue weighted by Crippen LogP contribution is -2.06. The standard InChI is InChI=1S/C24H20N6O/c25-13-17-5-4-12-27-23(17)30-14-20(21-22(26)28-15-29-24(21)30)16-8-10-19(11-9-16)31-18-6-2-1-3-7-18/h1-12,14-15H,13,25H2,(H2,26,28,29). The monoisotopic (exact) mass is 408 g/mol. The van der Waals surface area contributed by atoms with Crippen LogP contribution >= 0.6 is 0 Å². The van der Waals surface area contributed by atoms with Crippen LogP contribution in [-0.2, 0) is 6.54 Å². The van der Waals surface area contributed by atoms with Crippen LogP contribution in [0.1, 0.15) is 5.56 Å². The van der Waals surface area contributed by atoms with E-state index < -0.39 is 0 Å². The fourth-order valence-corrected chi connectivity index (χ4v) is 3.60. The minimum Gasteiger partial charge on any atom is -0.457 e. The van der Waals surface area contributed by atoms with Crippen molar-refractivity contribution in [1.29, 1.82) is 0 Å². The summed E-state index contributed by atoms with van der Waals surface area (Å²) in [6, 6.07) is 21.3. The van der Waals surface area contributed by atoms with E-state index in [0.717, 1.165) is 39.4 Å². The van der Waals surface area contributed by atoms with Gasteiger partial charge in [-0.2, -0.15) is 0 Å². The van der Waals surface area contributed by atoms with E-state index in [9.17, 15) is 0 Å². The van der Waals surface area contributed by atoms with Crippen LogP contribution in [-0.4, -0.2) is 19.5 Å². The molecule has 4 N–H and O–H groups in total. The molecule has 0 radical (unpaired) electrons. The second-order valence-electron chi connectivity index (χ2n) is 7.00. The van der Waals surface area contributed by atoms with Crippen LogP contribution in [0.15, 0.2) is 85.5 Å². The first-order valence-corrected chi connectivity index (χ1v) is 9.84. The van der Waals surface area contributed by atoms with Crippen molar-refractivity contribution in [2.24, 2.45) is 5.73 Å². The second-order valence-corrected chi connectivity index (χ2v) is 7.00. The predicted molar refractivity (Wildman–Crippen MR) is 121 cm³/mol. The van der Waals surface area contributed by atoms with Crippen LogP contribution in [0.4, 0.5) is 5.82 Å². The Kier molecular flexibility index (Phi) is 4.78. The van der Waals surface area contributed by atoms with Crippen molar-refractivity contribution in [1.82, 2.24) is 19.5 Å². The lowest BCUT2D eigenvalue weighted by molar-refractivity contribution is 0.483. The summed E-state index contributed by atoms with van der Waals surface area (Å²) in [5, 5.41) is 0.771. The number of nitrogens with two attached hydrogens (primary N) is 2. The lowest BCUT2D eigenvalue weighted by atomic mass is 10.1. The fraction of sp³-hybridized carbons (Fsp3) is 0.0417. The molecule has 2 aromatic carbocycles. The van der Waals surface area contributed by atoms with E-state index in [0.29, 0.717) is 18.0 Å². The molecular weight excluding hydrogens is 388 g/mol. The number of pyridine rings is 1. The number of fused-ring (bicyclic) bond motifs is 1. The molecule has 0 aliphatic carbocycles. The van der Waals surface area contributed by atoms with Crippen LogP contribution < -0.4 is 16.2 Å². The van der Waals surface area contributed by atoms with Crippen LogP contribution in [0.3, 0.4) is 0 Å². The molecule has 31 heavy (non-hydrogen) atoms. The van der Waals surface area contributed by atoms with Crippen LogP contribution in [0, 0.1) is 0 Å². The van der Waals surface area contributed by atoms with Gasteiger partial charge in [0.15, 0.2) is 5.65 Å². The van der Waals surface area contributed by atoms with Gasteiger partial charge < -0.3 is 16.2 Å². The Balaban J connectivity index is 1.60. The average molecular weight is 408 g/mol. The molecule has 7 nitrogen and oxygen atoms in total. The molecule has 3 aromatic heterocycles. The highest BCUT2D eigenvalue weighted by Crippen LogP contribution is 2.35. The SMILES string of the molecule is NCc1cccnc1-n1cc(-c2ccc(Oc3ccccc3)cc2)c2c(N)ncnc21. The van der Waals surface area contributed by atoms with Crippen LogP contribution in [0.2, 0.25) is 0 Å². The Morgan fingerprint density at radius 1 is 0.839 bits per heavy atom. The van der Waals surface area contributed by atoms with Crippen LogP contribution in [0.5, 0.6) is 11.5 Å². The van der Waals surface area contributed by atoms with Gasteiger partial charge in [0.2, 0.25) is 0 Å². The Morgan fingerprint density at radius 3 is 2.39 bits per heavy atom. The highest BCUT2D eigenvalue weighted by Gasteiger charge is 2.18. The summed E-state index contributed by atoms with van der Waals surface area (Å²) in [6.07, 6.45) is 5.17. The molecule has 0 atom stereocenters. The molecule has 0 saturated carbocycles. The number of ether oxygens (including phenoxy) is 1. The van der Waals surface area contributed by atoms with Crippen molar-refractivity contribution in [3.8, 4) is 28.4 Å². The molecule has 0 saturated heterocycles. The zero-order chi connectivity index (χ0) is 21.2.